The lowest BCUT2D eigenvalue weighted by Crippen LogP contribution is -2.46. The van der Waals surface area contributed by atoms with Gasteiger partial charge in [0.15, 0.2) is 0 Å². The average Bonchev–Trinajstić information content (AvgIpc) is 2.59. The quantitative estimate of drug-likeness (QED) is 0.708. The van der Waals surface area contributed by atoms with Crippen molar-refractivity contribution in [1.29, 1.82) is 0 Å². The van der Waals surface area contributed by atoms with Gasteiger partial charge in [-0.1, -0.05) is 5.92 Å². The van der Waals surface area contributed by atoms with Crippen LogP contribution in [0.4, 0.5) is 14.5 Å². The SMILES string of the molecule is C#Cc1c(F)cc(N2C3CCC2COC3)cc1F. The molecule has 2 atom stereocenters. The largest absolute Gasteiger partial charge is 0.377 e. The Morgan fingerprint density at radius 1 is 1.17 bits per heavy atom. The van der Waals surface area contributed by atoms with Crippen LogP contribution in [0.5, 0.6) is 0 Å². The first-order valence-corrected chi connectivity index (χ1v) is 6.02. The standard InChI is InChI=1S/C14H13F2NO/c1-2-12-13(15)5-11(6-14(12)16)17-9-3-4-10(17)8-18-7-9/h1,5-6,9-10H,3-4,7-8H2. The zero-order valence-corrected chi connectivity index (χ0v) is 9.83. The minimum absolute atomic E-state index is 0.222. The molecule has 2 aliphatic rings. The van der Waals surface area contributed by atoms with Crippen LogP contribution in [0.15, 0.2) is 12.1 Å². The van der Waals surface area contributed by atoms with Gasteiger partial charge in [0.25, 0.3) is 0 Å². The van der Waals surface area contributed by atoms with Crippen LogP contribution in [-0.2, 0) is 4.74 Å². The maximum Gasteiger partial charge on any atom is 0.143 e. The van der Waals surface area contributed by atoms with Crippen LogP contribution in [0.25, 0.3) is 0 Å². The van der Waals surface area contributed by atoms with E-state index in [0.717, 1.165) is 12.8 Å². The zero-order valence-electron chi connectivity index (χ0n) is 9.83. The summed E-state index contributed by atoms with van der Waals surface area (Å²) < 4.78 is 32.9. The number of hydrogen-bond donors (Lipinski definition) is 0. The molecular weight excluding hydrogens is 236 g/mol. The van der Waals surface area contributed by atoms with E-state index in [2.05, 4.69) is 4.90 Å². The lowest BCUT2D eigenvalue weighted by atomic mass is 10.1. The summed E-state index contributed by atoms with van der Waals surface area (Å²) in [4.78, 5) is 2.07. The van der Waals surface area contributed by atoms with Gasteiger partial charge < -0.3 is 9.64 Å². The molecule has 2 bridgehead atoms. The van der Waals surface area contributed by atoms with Crippen molar-refractivity contribution in [2.75, 3.05) is 18.1 Å². The number of hydrogen-bond acceptors (Lipinski definition) is 2. The molecule has 4 heteroatoms. The van der Waals surface area contributed by atoms with Gasteiger partial charge in [-0.25, -0.2) is 8.78 Å². The van der Waals surface area contributed by atoms with Gasteiger partial charge in [-0.2, -0.15) is 0 Å². The number of morpholine rings is 1. The van der Waals surface area contributed by atoms with Crippen LogP contribution in [-0.4, -0.2) is 25.3 Å². The molecule has 2 aliphatic heterocycles. The molecule has 1 aromatic rings. The maximum atomic E-state index is 13.7. The van der Waals surface area contributed by atoms with Crippen LogP contribution in [0, 0.1) is 24.0 Å². The monoisotopic (exact) mass is 249 g/mol. The van der Waals surface area contributed by atoms with Crippen molar-refractivity contribution in [3.63, 3.8) is 0 Å². The molecule has 1 aromatic carbocycles. The van der Waals surface area contributed by atoms with E-state index in [1.165, 1.54) is 12.1 Å². The van der Waals surface area contributed by atoms with Gasteiger partial charge in [-0.05, 0) is 25.0 Å². The van der Waals surface area contributed by atoms with E-state index in [1.54, 1.807) is 0 Å². The Balaban J connectivity index is 2.01. The fourth-order valence-corrected chi connectivity index (χ4v) is 2.90. The predicted molar refractivity (Wildman–Crippen MR) is 64.4 cm³/mol. The molecule has 0 spiro atoms. The number of anilines is 1. The number of nitrogens with zero attached hydrogens (tertiary/aromatic N) is 1. The van der Waals surface area contributed by atoms with E-state index in [4.69, 9.17) is 11.2 Å². The number of benzene rings is 1. The third kappa shape index (κ3) is 1.67. The lowest BCUT2D eigenvalue weighted by Gasteiger charge is -2.36. The molecule has 2 nitrogen and oxygen atoms in total. The summed E-state index contributed by atoms with van der Waals surface area (Å²) >= 11 is 0. The molecular formula is C14H13F2NO. The average molecular weight is 249 g/mol. The van der Waals surface area contributed by atoms with Gasteiger partial charge in [-0.15, -0.1) is 6.42 Å². The summed E-state index contributed by atoms with van der Waals surface area (Å²) in [5.74, 6) is 0.702. The van der Waals surface area contributed by atoms with E-state index in [9.17, 15) is 8.78 Å². The van der Waals surface area contributed by atoms with Gasteiger partial charge in [-0.3, -0.25) is 0 Å². The highest BCUT2D eigenvalue weighted by Crippen LogP contribution is 2.35. The summed E-state index contributed by atoms with van der Waals surface area (Å²) in [6.07, 6.45) is 7.09. The van der Waals surface area contributed by atoms with Crippen molar-refractivity contribution in [2.24, 2.45) is 0 Å². The molecule has 2 saturated heterocycles. The molecule has 0 N–H and O–H groups in total. The summed E-state index contributed by atoms with van der Waals surface area (Å²) in [5, 5.41) is 0. The van der Waals surface area contributed by atoms with Crippen LogP contribution >= 0.6 is 0 Å². The third-order valence-corrected chi connectivity index (χ3v) is 3.71. The normalized spacial score (nSPS) is 26.2. The molecule has 2 unspecified atom stereocenters. The van der Waals surface area contributed by atoms with Gasteiger partial charge >= 0.3 is 0 Å². The van der Waals surface area contributed by atoms with Gasteiger partial charge in [0.1, 0.15) is 11.6 Å². The van der Waals surface area contributed by atoms with Crippen molar-refractivity contribution >= 4 is 5.69 Å². The molecule has 2 fully saturated rings. The molecule has 94 valence electrons. The Hall–Kier alpha value is -1.60. The number of ether oxygens (including phenoxy) is 1. The molecule has 18 heavy (non-hydrogen) atoms. The molecule has 0 aromatic heterocycles. The van der Waals surface area contributed by atoms with Crippen molar-refractivity contribution in [2.45, 2.75) is 24.9 Å². The highest BCUT2D eigenvalue weighted by molar-refractivity contribution is 5.54. The number of rotatable bonds is 1. The Bertz CT molecular complexity index is 484. The van der Waals surface area contributed by atoms with Crippen molar-refractivity contribution in [3.8, 4) is 12.3 Å². The summed E-state index contributed by atoms with van der Waals surface area (Å²) in [6, 6.07) is 3.10. The zero-order chi connectivity index (χ0) is 12.7. The molecule has 0 amide bonds. The maximum absolute atomic E-state index is 13.7. The minimum atomic E-state index is -0.668. The van der Waals surface area contributed by atoms with Gasteiger partial charge in [0.05, 0.1) is 30.9 Å². The minimum Gasteiger partial charge on any atom is -0.377 e. The van der Waals surface area contributed by atoms with Gasteiger partial charge in [0.2, 0.25) is 0 Å². The highest BCUT2D eigenvalue weighted by atomic mass is 19.1. The molecule has 0 aliphatic carbocycles. The Kier molecular flexibility index (Phi) is 2.71. The summed E-state index contributed by atoms with van der Waals surface area (Å²) in [5.41, 5.74) is 0.277. The van der Waals surface area contributed by atoms with Crippen molar-refractivity contribution in [3.05, 3.63) is 29.3 Å². The second-order valence-electron chi connectivity index (χ2n) is 4.76. The van der Waals surface area contributed by atoms with E-state index in [-0.39, 0.29) is 17.6 Å². The first-order chi connectivity index (χ1) is 8.70. The summed E-state index contributed by atoms with van der Waals surface area (Å²) in [6.45, 7) is 1.24. The van der Waals surface area contributed by atoms with E-state index < -0.39 is 11.6 Å². The number of halogens is 2. The third-order valence-electron chi connectivity index (χ3n) is 3.71. The van der Waals surface area contributed by atoms with Crippen LogP contribution in [0.3, 0.4) is 0 Å². The first-order valence-electron chi connectivity index (χ1n) is 6.02. The fraction of sp³-hybridized carbons (Fsp3) is 0.429. The van der Waals surface area contributed by atoms with Gasteiger partial charge in [0, 0.05) is 5.69 Å². The Morgan fingerprint density at radius 3 is 2.22 bits per heavy atom. The molecule has 2 heterocycles. The Morgan fingerprint density at radius 2 is 1.72 bits per heavy atom. The second-order valence-corrected chi connectivity index (χ2v) is 4.76. The van der Waals surface area contributed by atoms with Crippen molar-refractivity contribution < 1.29 is 13.5 Å². The van der Waals surface area contributed by atoms with Crippen LogP contribution in [0.1, 0.15) is 18.4 Å². The molecule has 0 saturated carbocycles. The van der Waals surface area contributed by atoms with Crippen LogP contribution < -0.4 is 4.90 Å². The molecule has 3 rings (SSSR count). The topological polar surface area (TPSA) is 12.5 Å². The van der Waals surface area contributed by atoms with Crippen molar-refractivity contribution in [1.82, 2.24) is 0 Å². The van der Waals surface area contributed by atoms with E-state index >= 15 is 0 Å². The van der Waals surface area contributed by atoms with E-state index in [0.29, 0.717) is 18.9 Å². The van der Waals surface area contributed by atoms with E-state index in [1.807, 2.05) is 5.92 Å². The Labute approximate surface area is 105 Å². The van der Waals surface area contributed by atoms with Crippen LogP contribution in [0.2, 0.25) is 0 Å². The number of terminal acetylenes is 1. The summed E-state index contributed by atoms with van der Waals surface area (Å²) in [7, 11) is 0. The lowest BCUT2D eigenvalue weighted by molar-refractivity contribution is 0.0906. The second kappa shape index (κ2) is 4.25. The predicted octanol–water partition coefficient (Wildman–Crippen LogP) is 2.31. The highest BCUT2D eigenvalue weighted by Gasteiger charge is 2.37. The smallest absolute Gasteiger partial charge is 0.143 e. The fourth-order valence-electron chi connectivity index (χ4n) is 2.90. The molecule has 0 radical (unpaired) electrons. The number of fused-ring (bicyclic) bond motifs is 2. The first kappa shape index (κ1) is 11.5.